The van der Waals surface area contributed by atoms with Crippen molar-refractivity contribution in [1.29, 1.82) is 0 Å². The number of nitrogens with two attached hydrogens (primary N) is 1. The van der Waals surface area contributed by atoms with Crippen LogP contribution in [0.4, 0.5) is 5.69 Å². The van der Waals surface area contributed by atoms with E-state index in [1.165, 1.54) is 5.69 Å². The van der Waals surface area contributed by atoms with Crippen LogP contribution in [0.1, 0.15) is 11.5 Å². The Balaban J connectivity index is 1.50. The summed E-state index contributed by atoms with van der Waals surface area (Å²) in [5, 5.41) is 4.02. The van der Waals surface area contributed by atoms with Crippen molar-refractivity contribution in [2.24, 2.45) is 10.8 Å². The Labute approximate surface area is 158 Å². The third-order valence-electron chi connectivity index (χ3n) is 4.22. The standard InChI is InChI=1S/C18H23N5O2S/c1-24-15-4-2-3-14(11-15)23-9-7-22(8-10-23)13-17-6-5-16(25-17)12-20-21-18(19)26/h2-6,11-12H,7-10,13H2,1H3,(H3,19,21,26). The van der Waals surface area contributed by atoms with Crippen LogP contribution in [-0.4, -0.2) is 49.5 Å². The zero-order chi connectivity index (χ0) is 18.4. The van der Waals surface area contributed by atoms with Gasteiger partial charge < -0.3 is 19.8 Å². The largest absolute Gasteiger partial charge is 0.497 e. The van der Waals surface area contributed by atoms with Gasteiger partial charge in [-0.05, 0) is 36.5 Å². The summed E-state index contributed by atoms with van der Waals surface area (Å²) in [6, 6.07) is 12.0. The molecule has 1 aromatic carbocycles. The number of ether oxygens (including phenoxy) is 1. The number of hydrogen-bond donors (Lipinski definition) is 2. The van der Waals surface area contributed by atoms with E-state index in [4.69, 9.17) is 14.9 Å². The molecule has 0 atom stereocenters. The molecule has 0 amide bonds. The predicted octanol–water partition coefficient (Wildman–Crippen LogP) is 1.78. The second kappa shape index (κ2) is 8.68. The molecule has 1 fully saturated rings. The van der Waals surface area contributed by atoms with Gasteiger partial charge in [-0.3, -0.25) is 10.3 Å². The van der Waals surface area contributed by atoms with Gasteiger partial charge in [-0.15, -0.1) is 0 Å². The smallest absolute Gasteiger partial charge is 0.184 e. The van der Waals surface area contributed by atoms with Gasteiger partial charge in [0, 0.05) is 37.9 Å². The first-order chi connectivity index (χ1) is 12.6. The summed E-state index contributed by atoms with van der Waals surface area (Å²) in [4.78, 5) is 4.75. The molecule has 0 radical (unpaired) electrons. The fraction of sp³-hybridized carbons (Fsp3) is 0.333. The van der Waals surface area contributed by atoms with Gasteiger partial charge in [-0.1, -0.05) is 6.07 Å². The maximum Gasteiger partial charge on any atom is 0.184 e. The molecule has 138 valence electrons. The van der Waals surface area contributed by atoms with Crippen molar-refractivity contribution in [2.45, 2.75) is 6.54 Å². The van der Waals surface area contributed by atoms with Gasteiger partial charge >= 0.3 is 0 Å². The van der Waals surface area contributed by atoms with Gasteiger partial charge in [0.2, 0.25) is 0 Å². The van der Waals surface area contributed by atoms with E-state index in [-0.39, 0.29) is 5.11 Å². The summed E-state index contributed by atoms with van der Waals surface area (Å²) in [5.74, 6) is 2.47. The van der Waals surface area contributed by atoms with Crippen LogP contribution in [0.3, 0.4) is 0 Å². The Morgan fingerprint density at radius 1 is 1.31 bits per heavy atom. The van der Waals surface area contributed by atoms with Crippen LogP contribution in [-0.2, 0) is 6.54 Å². The molecule has 0 spiro atoms. The van der Waals surface area contributed by atoms with Crippen LogP contribution in [0.2, 0.25) is 0 Å². The number of hydrogen-bond acceptors (Lipinski definition) is 6. The summed E-state index contributed by atoms with van der Waals surface area (Å²) in [6.45, 7) is 4.68. The number of hydrazone groups is 1. The van der Waals surface area contributed by atoms with Crippen molar-refractivity contribution >= 4 is 29.2 Å². The number of thiocarbonyl (C=S) groups is 1. The number of nitrogens with zero attached hydrogens (tertiary/aromatic N) is 3. The van der Waals surface area contributed by atoms with E-state index in [1.54, 1.807) is 13.3 Å². The molecule has 0 saturated carbocycles. The summed E-state index contributed by atoms with van der Waals surface area (Å²) in [7, 11) is 1.69. The van der Waals surface area contributed by atoms with E-state index in [0.717, 1.165) is 44.2 Å². The predicted molar refractivity (Wildman–Crippen MR) is 107 cm³/mol. The number of rotatable bonds is 6. The highest BCUT2D eigenvalue weighted by atomic mass is 32.1. The van der Waals surface area contributed by atoms with Gasteiger partial charge in [-0.25, -0.2) is 0 Å². The topological polar surface area (TPSA) is 79.3 Å². The average Bonchev–Trinajstić information content (AvgIpc) is 3.09. The number of methoxy groups -OCH3 is 1. The second-order valence-electron chi connectivity index (χ2n) is 6.00. The quantitative estimate of drug-likeness (QED) is 0.454. The minimum atomic E-state index is 0.127. The molecule has 7 nitrogen and oxygen atoms in total. The van der Waals surface area contributed by atoms with Crippen LogP contribution in [0, 0.1) is 0 Å². The molecule has 1 aliphatic heterocycles. The third kappa shape index (κ3) is 4.96. The zero-order valence-electron chi connectivity index (χ0n) is 14.7. The molecule has 3 N–H and O–H groups in total. The summed E-state index contributed by atoms with van der Waals surface area (Å²) in [5.41, 5.74) is 9.02. The van der Waals surface area contributed by atoms with Gasteiger partial charge in [0.1, 0.15) is 17.3 Å². The molecular weight excluding hydrogens is 350 g/mol. The zero-order valence-corrected chi connectivity index (χ0v) is 15.5. The van der Waals surface area contributed by atoms with Crippen molar-refractivity contribution in [3.63, 3.8) is 0 Å². The monoisotopic (exact) mass is 373 g/mol. The van der Waals surface area contributed by atoms with Gasteiger partial charge in [0.05, 0.1) is 19.9 Å². The van der Waals surface area contributed by atoms with Crippen molar-refractivity contribution in [3.05, 3.63) is 47.9 Å². The van der Waals surface area contributed by atoms with Crippen molar-refractivity contribution < 1.29 is 9.15 Å². The molecule has 0 aliphatic carbocycles. The fourth-order valence-corrected chi connectivity index (χ4v) is 2.95. The minimum absolute atomic E-state index is 0.127. The van der Waals surface area contributed by atoms with Crippen LogP contribution in [0.15, 0.2) is 45.9 Å². The lowest BCUT2D eigenvalue weighted by molar-refractivity contribution is 0.230. The summed E-state index contributed by atoms with van der Waals surface area (Å²) in [6.07, 6.45) is 1.56. The molecule has 2 aromatic rings. The van der Waals surface area contributed by atoms with Crippen LogP contribution < -0.4 is 20.8 Å². The van der Waals surface area contributed by atoms with E-state index in [9.17, 15) is 0 Å². The molecule has 26 heavy (non-hydrogen) atoms. The Morgan fingerprint density at radius 2 is 2.12 bits per heavy atom. The number of benzene rings is 1. The normalized spacial score (nSPS) is 15.3. The molecular formula is C18H23N5O2S. The lowest BCUT2D eigenvalue weighted by atomic mass is 10.2. The van der Waals surface area contributed by atoms with Crippen LogP contribution >= 0.6 is 12.2 Å². The van der Waals surface area contributed by atoms with Crippen molar-refractivity contribution in [2.75, 3.05) is 38.2 Å². The molecule has 2 heterocycles. The number of piperazine rings is 1. The van der Waals surface area contributed by atoms with E-state index in [0.29, 0.717) is 5.76 Å². The molecule has 0 bridgehead atoms. The average molecular weight is 373 g/mol. The van der Waals surface area contributed by atoms with E-state index < -0.39 is 0 Å². The highest BCUT2D eigenvalue weighted by Gasteiger charge is 2.18. The van der Waals surface area contributed by atoms with E-state index in [1.807, 2.05) is 24.3 Å². The minimum Gasteiger partial charge on any atom is -0.497 e. The molecule has 1 saturated heterocycles. The Morgan fingerprint density at radius 3 is 2.85 bits per heavy atom. The molecule has 1 aromatic heterocycles. The summed E-state index contributed by atoms with van der Waals surface area (Å²) >= 11 is 4.69. The highest BCUT2D eigenvalue weighted by Crippen LogP contribution is 2.22. The molecule has 3 rings (SSSR count). The number of anilines is 1. The fourth-order valence-electron chi connectivity index (χ4n) is 2.90. The van der Waals surface area contributed by atoms with Gasteiger partial charge in [0.25, 0.3) is 0 Å². The van der Waals surface area contributed by atoms with Crippen molar-refractivity contribution in [3.8, 4) is 5.75 Å². The number of furan rings is 1. The van der Waals surface area contributed by atoms with Gasteiger partial charge in [-0.2, -0.15) is 5.10 Å². The Bertz CT molecular complexity index is 768. The lowest BCUT2D eigenvalue weighted by Gasteiger charge is -2.35. The maximum absolute atomic E-state index is 5.76. The first kappa shape index (κ1) is 18.2. The number of nitrogens with one attached hydrogen (secondary N) is 1. The Hall–Kier alpha value is -2.58. The first-order valence-corrected chi connectivity index (χ1v) is 8.83. The van der Waals surface area contributed by atoms with Crippen LogP contribution in [0.5, 0.6) is 5.75 Å². The SMILES string of the molecule is COc1cccc(N2CCN(Cc3ccc(C=NNC(N)=S)o3)CC2)c1. The van der Waals surface area contributed by atoms with E-state index >= 15 is 0 Å². The maximum atomic E-state index is 5.76. The molecule has 1 aliphatic rings. The second-order valence-corrected chi connectivity index (χ2v) is 6.44. The van der Waals surface area contributed by atoms with E-state index in [2.05, 4.69) is 44.7 Å². The van der Waals surface area contributed by atoms with Gasteiger partial charge in [0.15, 0.2) is 5.11 Å². The highest BCUT2D eigenvalue weighted by molar-refractivity contribution is 7.80. The Kier molecular flexibility index (Phi) is 6.08. The van der Waals surface area contributed by atoms with Crippen molar-refractivity contribution in [1.82, 2.24) is 10.3 Å². The molecule has 8 heteroatoms. The third-order valence-corrected chi connectivity index (χ3v) is 4.31. The summed E-state index contributed by atoms with van der Waals surface area (Å²) < 4.78 is 11.1. The first-order valence-electron chi connectivity index (χ1n) is 8.42. The molecule has 0 unspecified atom stereocenters. The van der Waals surface area contributed by atoms with Crippen LogP contribution in [0.25, 0.3) is 0 Å². The lowest BCUT2D eigenvalue weighted by Crippen LogP contribution is -2.45.